The van der Waals surface area contributed by atoms with Gasteiger partial charge in [0, 0.05) is 11.5 Å². The quantitative estimate of drug-likeness (QED) is 0.634. The number of hydrogen-bond acceptors (Lipinski definition) is 7. The lowest BCUT2D eigenvalue weighted by Gasteiger charge is -2.05. The summed E-state index contributed by atoms with van der Waals surface area (Å²) in [5.41, 5.74) is -0.237. The zero-order valence-corrected chi connectivity index (χ0v) is 11.6. The van der Waals surface area contributed by atoms with Crippen molar-refractivity contribution < 1.29 is 14.4 Å². The highest BCUT2D eigenvalue weighted by atomic mass is 35.5. The van der Waals surface area contributed by atoms with Crippen LogP contribution in [0.2, 0.25) is 5.15 Å². The number of nitriles is 1. The van der Waals surface area contributed by atoms with Crippen LogP contribution >= 0.6 is 23.1 Å². The van der Waals surface area contributed by atoms with Crippen LogP contribution < -0.4 is 9.47 Å². The third-order valence-electron chi connectivity index (χ3n) is 2.30. The molecule has 0 saturated carbocycles. The molecule has 20 heavy (non-hydrogen) atoms. The lowest BCUT2D eigenvalue weighted by atomic mass is 10.3. The second-order valence-electron chi connectivity index (χ2n) is 3.44. The van der Waals surface area contributed by atoms with E-state index in [4.69, 9.17) is 26.3 Å². The van der Waals surface area contributed by atoms with E-state index in [-0.39, 0.29) is 27.2 Å². The third kappa shape index (κ3) is 2.64. The first-order chi connectivity index (χ1) is 9.56. The molecule has 0 bridgehead atoms. The van der Waals surface area contributed by atoms with Crippen molar-refractivity contribution in [2.75, 3.05) is 7.11 Å². The maximum Gasteiger partial charge on any atom is 0.315 e. The van der Waals surface area contributed by atoms with Gasteiger partial charge in [0.25, 0.3) is 0 Å². The van der Waals surface area contributed by atoms with Gasteiger partial charge in [-0.3, -0.25) is 10.1 Å². The molecule has 1 heterocycles. The fourth-order valence-corrected chi connectivity index (χ4v) is 2.27. The first-order valence-corrected chi connectivity index (χ1v) is 6.27. The molecule has 0 atom stereocenters. The SMILES string of the molecule is COc1ccc(Oc2snc(Cl)c2C#N)c([N+](=O)[O-])c1. The van der Waals surface area contributed by atoms with Gasteiger partial charge in [0.1, 0.15) is 17.4 Å². The van der Waals surface area contributed by atoms with Gasteiger partial charge in [0.15, 0.2) is 5.15 Å². The summed E-state index contributed by atoms with van der Waals surface area (Å²) in [4.78, 5) is 10.4. The summed E-state index contributed by atoms with van der Waals surface area (Å²) in [6.45, 7) is 0. The second kappa shape index (κ2) is 5.73. The number of methoxy groups -OCH3 is 1. The van der Waals surface area contributed by atoms with Gasteiger partial charge in [-0.05, 0) is 12.1 Å². The molecule has 1 aromatic carbocycles. The average molecular weight is 312 g/mol. The van der Waals surface area contributed by atoms with Gasteiger partial charge >= 0.3 is 5.69 Å². The number of nitrogens with zero attached hydrogens (tertiary/aromatic N) is 3. The summed E-state index contributed by atoms with van der Waals surface area (Å²) in [7, 11) is 1.40. The number of hydrogen-bond donors (Lipinski definition) is 0. The minimum Gasteiger partial charge on any atom is -0.496 e. The van der Waals surface area contributed by atoms with E-state index in [1.807, 2.05) is 6.07 Å². The molecule has 0 aliphatic rings. The second-order valence-corrected chi connectivity index (χ2v) is 4.53. The van der Waals surface area contributed by atoms with Crippen molar-refractivity contribution in [3.05, 3.63) is 39.0 Å². The number of ether oxygens (including phenoxy) is 2. The number of nitro benzene ring substituents is 1. The average Bonchev–Trinajstić information content (AvgIpc) is 2.79. The van der Waals surface area contributed by atoms with Crippen molar-refractivity contribution >= 4 is 28.8 Å². The van der Waals surface area contributed by atoms with Crippen molar-refractivity contribution in [2.24, 2.45) is 0 Å². The minimum absolute atomic E-state index is 0.00339. The van der Waals surface area contributed by atoms with Gasteiger partial charge in [-0.2, -0.15) is 9.64 Å². The third-order valence-corrected chi connectivity index (χ3v) is 3.40. The molecule has 0 aliphatic carbocycles. The Morgan fingerprint density at radius 3 is 2.90 bits per heavy atom. The first kappa shape index (κ1) is 14.0. The lowest BCUT2D eigenvalue weighted by molar-refractivity contribution is -0.385. The summed E-state index contributed by atoms with van der Waals surface area (Å²) >= 11 is 6.55. The number of benzene rings is 1. The Balaban J connectivity index is 2.43. The van der Waals surface area contributed by atoms with E-state index in [0.29, 0.717) is 5.75 Å². The molecule has 7 nitrogen and oxygen atoms in total. The maximum absolute atomic E-state index is 11.0. The Morgan fingerprint density at radius 2 is 2.30 bits per heavy atom. The summed E-state index contributed by atoms with van der Waals surface area (Å²) < 4.78 is 14.0. The summed E-state index contributed by atoms with van der Waals surface area (Å²) in [5, 5.41) is 20.0. The standard InChI is InChI=1S/C11H6ClN3O4S/c1-18-6-2-3-9(8(4-6)15(16)17)19-11-7(5-13)10(12)14-20-11/h2-4H,1H3. The van der Waals surface area contributed by atoms with Crippen molar-refractivity contribution in [1.82, 2.24) is 4.37 Å². The number of halogens is 1. The molecular formula is C11H6ClN3O4S. The highest BCUT2D eigenvalue weighted by molar-refractivity contribution is 7.08. The van der Waals surface area contributed by atoms with E-state index in [9.17, 15) is 10.1 Å². The van der Waals surface area contributed by atoms with E-state index in [2.05, 4.69) is 4.37 Å². The van der Waals surface area contributed by atoms with E-state index < -0.39 is 4.92 Å². The summed E-state index contributed by atoms with van der Waals surface area (Å²) in [5.74, 6) is 0.305. The Kier molecular flexibility index (Phi) is 4.02. The van der Waals surface area contributed by atoms with E-state index in [1.165, 1.54) is 25.3 Å². The van der Waals surface area contributed by atoms with Crippen LogP contribution in [0, 0.1) is 21.4 Å². The van der Waals surface area contributed by atoms with Crippen LogP contribution in [0.25, 0.3) is 0 Å². The van der Waals surface area contributed by atoms with Crippen LogP contribution in [0.4, 0.5) is 5.69 Å². The number of nitro groups is 1. The molecule has 0 aliphatic heterocycles. The molecular weight excluding hydrogens is 306 g/mol. The fourth-order valence-electron chi connectivity index (χ4n) is 1.37. The Hall–Kier alpha value is -2.37. The van der Waals surface area contributed by atoms with E-state index >= 15 is 0 Å². The molecule has 2 aromatic rings. The number of rotatable bonds is 4. The Labute approximate surface area is 122 Å². The Bertz CT molecular complexity index is 710. The minimum atomic E-state index is -0.605. The fraction of sp³-hybridized carbons (Fsp3) is 0.0909. The lowest BCUT2D eigenvalue weighted by Crippen LogP contribution is -1.94. The number of aromatic nitrogens is 1. The molecule has 0 spiro atoms. The predicted molar refractivity (Wildman–Crippen MR) is 71.6 cm³/mol. The van der Waals surface area contributed by atoms with Gasteiger partial charge in [-0.15, -0.1) is 0 Å². The van der Waals surface area contributed by atoms with Gasteiger partial charge in [0.05, 0.1) is 18.1 Å². The molecule has 9 heteroatoms. The van der Waals surface area contributed by atoms with Gasteiger partial charge < -0.3 is 9.47 Å². The van der Waals surface area contributed by atoms with Crippen molar-refractivity contribution in [2.45, 2.75) is 0 Å². The van der Waals surface area contributed by atoms with Crippen LogP contribution in [0.15, 0.2) is 18.2 Å². The van der Waals surface area contributed by atoms with Crippen molar-refractivity contribution in [1.29, 1.82) is 5.26 Å². The predicted octanol–water partition coefficient (Wildman–Crippen LogP) is 3.38. The highest BCUT2D eigenvalue weighted by Crippen LogP contribution is 2.38. The maximum atomic E-state index is 11.0. The highest BCUT2D eigenvalue weighted by Gasteiger charge is 2.21. The molecule has 0 saturated heterocycles. The molecule has 0 N–H and O–H groups in total. The van der Waals surface area contributed by atoms with Crippen LogP contribution in [-0.2, 0) is 0 Å². The first-order valence-electron chi connectivity index (χ1n) is 5.12. The topological polar surface area (TPSA) is 98.3 Å². The van der Waals surface area contributed by atoms with Gasteiger partial charge in [-0.25, -0.2) is 0 Å². The smallest absolute Gasteiger partial charge is 0.315 e. The Morgan fingerprint density at radius 1 is 1.55 bits per heavy atom. The summed E-state index contributed by atoms with van der Waals surface area (Å²) in [6, 6.07) is 5.95. The largest absolute Gasteiger partial charge is 0.496 e. The van der Waals surface area contributed by atoms with Crippen molar-refractivity contribution in [3.8, 4) is 22.6 Å². The zero-order valence-electron chi connectivity index (χ0n) is 9.99. The van der Waals surface area contributed by atoms with Gasteiger partial charge in [0.2, 0.25) is 10.8 Å². The van der Waals surface area contributed by atoms with Crippen LogP contribution in [0.3, 0.4) is 0 Å². The summed E-state index contributed by atoms with van der Waals surface area (Å²) in [6.07, 6.45) is 0. The van der Waals surface area contributed by atoms with Crippen LogP contribution in [0.1, 0.15) is 5.56 Å². The molecule has 0 amide bonds. The van der Waals surface area contributed by atoms with Crippen LogP contribution in [-0.4, -0.2) is 16.4 Å². The van der Waals surface area contributed by atoms with E-state index in [1.54, 1.807) is 0 Å². The molecule has 0 radical (unpaired) electrons. The molecule has 102 valence electrons. The zero-order chi connectivity index (χ0) is 14.7. The molecule has 0 fully saturated rings. The van der Waals surface area contributed by atoms with Crippen molar-refractivity contribution in [3.63, 3.8) is 0 Å². The van der Waals surface area contributed by atoms with Gasteiger partial charge in [-0.1, -0.05) is 11.6 Å². The van der Waals surface area contributed by atoms with Crippen LogP contribution in [0.5, 0.6) is 16.6 Å². The molecule has 2 rings (SSSR count). The molecule has 1 aromatic heterocycles. The monoisotopic (exact) mass is 311 g/mol. The molecule has 0 unspecified atom stereocenters. The van der Waals surface area contributed by atoms with E-state index in [0.717, 1.165) is 11.5 Å². The normalized spacial score (nSPS) is 9.85.